The van der Waals surface area contributed by atoms with Crippen LogP contribution in [0.25, 0.3) is 0 Å². The molecule has 1 saturated heterocycles. The van der Waals surface area contributed by atoms with Crippen LogP contribution in [0.5, 0.6) is 0 Å². The smallest absolute Gasteiger partial charge is 0.233 e. The van der Waals surface area contributed by atoms with Crippen LogP contribution in [0.3, 0.4) is 0 Å². The summed E-state index contributed by atoms with van der Waals surface area (Å²) in [5, 5.41) is 7.44. The van der Waals surface area contributed by atoms with Crippen LogP contribution in [0.1, 0.15) is 19.8 Å². The standard InChI is InChI=1S/C15H20Cl2N2OS.ClH/c1-10(21-14-7-12(16)4-5-13(14)17)15(20)19-9-11-3-2-6-18-8-11;/h4-5,7,10-11,18H,2-3,6,8-9H2,1H3,(H,19,20);1H. The second kappa shape index (κ2) is 9.89. The summed E-state index contributed by atoms with van der Waals surface area (Å²) in [4.78, 5) is 13.0. The van der Waals surface area contributed by atoms with Gasteiger partial charge in [-0.05, 0) is 57.0 Å². The summed E-state index contributed by atoms with van der Waals surface area (Å²) in [6.07, 6.45) is 2.36. The van der Waals surface area contributed by atoms with Gasteiger partial charge in [0, 0.05) is 16.5 Å². The maximum Gasteiger partial charge on any atom is 0.233 e. The van der Waals surface area contributed by atoms with E-state index in [-0.39, 0.29) is 23.6 Å². The number of carbonyl (C=O) groups is 1. The molecule has 7 heteroatoms. The second-order valence-corrected chi connectivity index (χ2v) is 7.52. The lowest BCUT2D eigenvalue weighted by molar-refractivity contribution is -0.120. The van der Waals surface area contributed by atoms with Crippen LogP contribution in [-0.4, -0.2) is 30.8 Å². The fourth-order valence-electron chi connectivity index (χ4n) is 2.30. The fourth-order valence-corrected chi connectivity index (χ4v) is 3.73. The van der Waals surface area contributed by atoms with Crippen LogP contribution in [0.15, 0.2) is 23.1 Å². The molecule has 2 unspecified atom stereocenters. The van der Waals surface area contributed by atoms with Crippen LogP contribution in [0, 0.1) is 5.92 Å². The maximum absolute atomic E-state index is 12.2. The fraction of sp³-hybridized carbons (Fsp3) is 0.533. The number of hydrogen-bond acceptors (Lipinski definition) is 3. The number of rotatable bonds is 5. The third-order valence-corrected chi connectivity index (χ3v) is 5.37. The summed E-state index contributed by atoms with van der Waals surface area (Å²) in [5.74, 6) is 0.580. The van der Waals surface area contributed by atoms with Crippen molar-refractivity contribution in [3.05, 3.63) is 28.2 Å². The number of piperidine rings is 1. The normalized spacial score (nSPS) is 19.1. The molecule has 0 aromatic heterocycles. The molecule has 2 rings (SSSR count). The first kappa shape index (κ1) is 19.9. The highest BCUT2D eigenvalue weighted by Gasteiger charge is 2.18. The molecule has 2 N–H and O–H groups in total. The van der Waals surface area contributed by atoms with Crippen molar-refractivity contribution in [2.45, 2.75) is 29.9 Å². The summed E-state index contributed by atoms with van der Waals surface area (Å²) >= 11 is 13.5. The van der Waals surface area contributed by atoms with E-state index in [1.54, 1.807) is 18.2 Å². The summed E-state index contributed by atoms with van der Waals surface area (Å²) in [5.41, 5.74) is 0. The number of benzene rings is 1. The molecule has 0 aliphatic carbocycles. The zero-order valence-electron chi connectivity index (χ0n) is 12.4. The van der Waals surface area contributed by atoms with Crippen molar-refractivity contribution in [3.63, 3.8) is 0 Å². The molecular weight excluding hydrogens is 363 g/mol. The van der Waals surface area contributed by atoms with Crippen molar-refractivity contribution in [1.82, 2.24) is 10.6 Å². The van der Waals surface area contributed by atoms with E-state index in [1.165, 1.54) is 24.6 Å². The van der Waals surface area contributed by atoms with E-state index < -0.39 is 0 Å². The molecule has 1 aliphatic heterocycles. The molecule has 1 fully saturated rings. The predicted molar refractivity (Wildman–Crippen MR) is 97.6 cm³/mol. The first-order chi connectivity index (χ1) is 10.1. The third kappa shape index (κ3) is 6.17. The molecule has 2 atom stereocenters. The molecule has 0 radical (unpaired) electrons. The topological polar surface area (TPSA) is 41.1 Å². The Morgan fingerprint density at radius 2 is 2.27 bits per heavy atom. The number of nitrogens with one attached hydrogen (secondary N) is 2. The third-order valence-electron chi connectivity index (χ3n) is 3.53. The highest BCUT2D eigenvalue weighted by atomic mass is 35.5. The molecule has 0 bridgehead atoms. The highest BCUT2D eigenvalue weighted by Crippen LogP contribution is 2.32. The number of carbonyl (C=O) groups excluding carboxylic acids is 1. The predicted octanol–water partition coefficient (Wildman–Crippen LogP) is 4.01. The molecule has 124 valence electrons. The zero-order chi connectivity index (χ0) is 15.2. The monoisotopic (exact) mass is 382 g/mol. The Bertz CT molecular complexity index is 496. The van der Waals surface area contributed by atoms with E-state index in [0.717, 1.165) is 24.5 Å². The first-order valence-corrected chi connectivity index (χ1v) is 8.80. The van der Waals surface area contributed by atoms with Crippen LogP contribution in [-0.2, 0) is 4.79 Å². The van der Waals surface area contributed by atoms with Gasteiger partial charge in [0.1, 0.15) is 0 Å². The SMILES string of the molecule is CC(Sc1cc(Cl)ccc1Cl)C(=O)NCC1CCCNC1.Cl. The summed E-state index contributed by atoms with van der Waals surface area (Å²) in [6, 6.07) is 5.29. The number of halogens is 3. The molecule has 1 aromatic rings. The molecule has 1 aromatic carbocycles. The van der Waals surface area contributed by atoms with Gasteiger partial charge < -0.3 is 10.6 Å². The highest BCUT2D eigenvalue weighted by molar-refractivity contribution is 8.00. The molecule has 0 saturated carbocycles. The lowest BCUT2D eigenvalue weighted by Crippen LogP contribution is -2.40. The van der Waals surface area contributed by atoms with Gasteiger partial charge in [-0.25, -0.2) is 0 Å². The summed E-state index contributed by atoms with van der Waals surface area (Å²) < 4.78 is 0. The van der Waals surface area contributed by atoms with Gasteiger partial charge in [0.15, 0.2) is 0 Å². The van der Waals surface area contributed by atoms with Crippen molar-refractivity contribution >= 4 is 53.3 Å². The van der Waals surface area contributed by atoms with Gasteiger partial charge in [-0.15, -0.1) is 24.2 Å². The van der Waals surface area contributed by atoms with Gasteiger partial charge in [0.05, 0.1) is 10.3 Å². The number of hydrogen-bond donors (Lipinski definition) is 2. The average Bonchev–Trinajstić information content (AvgIpc) is 2.49. The Balaban J connectivity index is 0.00000242. The Hall–Kier alpha value is -0.130. The number of amides is 1. The Morgan fingerprint density at radius 1 is 1.50 bits per heavy atom. The van der Waals surface area contributed by atoms with Crippen LogP contribution < -0.4 is 10.6 Å². The van der Waals surface area contributed by atoms with Gasteiger partial charge in [-0.3, -0.25) is 4.79 Å². The molecule has 3 nitrogen and oxygen atoms in total. The van der Waals surface area contributed by atoms with E-state index in [0.29, 0.717) is 16.0 Å². The minimum atomic E-state index is -0.197. The van der Waals surface area contributed by atoms with Crippen molar-refractivity contribution in [2.75, 3.05) is 19.6 Å². The van der Waals surface area contributed by atoms with E-state index in [2.05, 4.69) is 10.6 Å². The maximum atomic E-state index is 12.2. The van der Waals surface area contributed by atoms with Gasteiger partial charge in [-0.2, -0.15) is 0 Å². The lowest BCUT2D eigenvalue weighted by atomic mass is 10.00. The van der Waals surface area contributed by atoms with Gasteiger partial charge >= 0.3 is 0 Å². The van der Waals surface area contributed by atoms with E-state index >= 15 is 0 Å². The Morgan fingerprint density at radius 3 is 2.95 bits per heavy atom. The summed E-state index contributed by atoms with van der Waals surface area (Å²) in [7, 11) is 0. The van der Waals surface area contributed by atoms with Crippen LogP contribution in [0.4, 0.5) is 0 Å². The van der Waals surface area contributed by atoms with E-state index in [1.807, 2.05) is 6.92 Å². The average molecular weight is 384 g/mol. The second-order valence-electron chi connectivity index (χ2n) is 5.29. The molecule has 0 spiro atoms. The molecule has 1 aliphatic rings. The quantitative estimate of drug-likeness (QED) is 0.755. The van der Waals surface area contributed by atoms with Crippen molar-refractivity contribution in [2.24, 2.45) is 5.92 Å². The van der Waals surface area contributed by atoms with E-state index in [9.17, 15) is 4.79 Å². The van der Waals surface area contributed by atoms with Crippen molar-refractivity contribution in [3.8, 4) is 0 Å². The van der Waals surface area contributed by atoms with Crippen molar-refractivity contribution < 1.29 is 4.79 Å². The van der Waals surface area contributed by atoms with Gasteiger partial charge in [0.2, 0.25) is 5.91 Å². The molecule has 1 heterocycles. The lowest BCUT2D eigenvalue weighted by Gasteiger charge is -2.23. The van der Waals surface area contributed by atoms with Crippen LogP contribution in [0.2, 0.25) is 10.0 Å². The zero-order valence-corrected chi connectivity index (χ0v) is 15.5. The molecule has 1 amide bonds. The Labute approximate surface area is 152 Å². The van der Waals surface area contributed by atoms with Crippen LogP contribution >= 0.6 is 47.4 Å². The molecule has 22 heavy (non-hydrogen) atoms. The van der Waals surface area contributed by atoms with E-state index in [4.69, 9.17) is 23.2 Å². The number of thioether (sulfide) groups is 1. The van der Waals surface area contributed by atoms with Gasteiger partial charge in [0.25, 0.3) is 0 Å². The summed E-state index contributed by atoms with van der Waals surface area (Å²) in [6.45, 7) is 4.70. The Kier molecular flexibility index (Phi) is 8.95. The largest absolute Gasteiger partial charge is 0.355 e. The minimum Gasteiger partial charge on any atom is -0.355 e. The van der Waals surface area contributed by atoms with Crippen molar-refractivity contribution in [1.29, 1.82) is 0 Å². The minimum absolute atomic E-state index is 0. The first-order valence-electron chi connectivity index (χ1n) is 7.16. The molecular formula is C15H21Cl3N2OS. The van der Waals surface area contributed by atoms with Gasteiger partial charge in [-0.1, -0.05) is 23.2 Å².